The summed E-state index contributed by atoms with van der Waals surface area (Å²) in [5.74, 6) is -0.347. The van der Waals surface area contributed by atoms with Gasteiger partial charge in [-0.2, -0.15) is 0 Å². The molecule has 0 heterocycles. The van der Waals surface area contributed by atoms with Gasteiger partial charge in [0.1, 0.15) is 5.75 Å². The van der Waals surface area contributed by atoms with E-state index in [0.29, 0.717) is 5.69 Å². The Labute approximate surface area is 121 Å². The predicted octanol–water partition coefficient (Wildman–Crippen LogP) is 2.72. The molecule has 6 heteroatoms. The summed E-state index contributed by atoms with van der Waals surface area (Å²) in [6.07, 6.45) is -0.625. The minimum atomic E-state index is -0.634. The van der Waals surface area contributed by atoms with Crippen LogP contribution in [0.3, 0.4) is 0 Å². The molecule has 0 saturated heterocycles. The summed E-state index contributed by atoms with van der Waals surface area (Å²) in [6, 6.07) is 13.1. The molecule has 2 aromatic rings. The number of aryl methyl sites for hydroxylation is 1. The number of anilines is 1. The van der Waals surface area contributed by atoms with E-state index in [9.17, 15) is 9.59 Å². The SMILES string of the molecule is Cc1cccc(NC(=O)Oc2ccc(C(=O)NO)cc2)c1. The summed E-state index contributed by atoms with van der Waals surface area (Å²) < 4.78 is 5.08. The van der Waals surface area contributed by atoms with Crippen LogP contribution in [-0.4, -0.2) is 17.2 Å². The Kier molecular flexibility index (Phi) is 4.53. The van der Waals surface area contributed by atoms with Crippen LogP contribution < -0.4 is 15.5 Å². The Bertz CT molecular complexity index is 653. The zero-order valence-corrected chi connectivity index (χ0v) is 11.3. The number of amides is 2. The van der Waals surface area contributed by atoms with Crippen molar-refractivity contribution >= 4 is 17.7 Å². The normalized spacial score (nSPS) is 9.81. The molecule has 0 radical (unpaired) electrons. The maximum Gasteiger partial charge on any atom is 0.417 e. The number of carbonyl (C=O) groups is 2. The predicted molar refractivity (Wildman–Crippen MR) is 76.5 cm³/mol. The van der Waals surface area contributed by atoms with Crippen LogP contribution in [0.4, 0.5) is 10.5 Å². The number of benzene rings is 2. The fourth-order valence-corrected chi connectivity index (χ4v) is 1.71. The molecule has 0 unspecified atom stereocenters. The minimum Gasteiger partial charge on any atom is -0.410 e. The van der Waals surface area contributed by atoms with Gasteiger partial charge in [0.25, 0.3) is 5.91 Å². The third-order valence-electron chi connectivity index (χ3n) is 2.69. The summed E-state index contributed by atoms with van der Waals surface area (Å²) in [5, 5.41) is 11.1. The van der Waals surface area contributed by atoms with E-state index in [4.69, 9.17) is 9.94 Å². The van der Waals surface area contributed by atoms with Crippen LogP contribution in [0.5, 0.6) is 5.75 Å². The van der Waals surface area contributed by atoms with Crippen molar-refractivity contribution in [3.8, 4) is 5.75 Å². The lowest BCUT2D eigenvalue weighted by Crippen LogP contribution is -2.19. The molecule has 2 amide bonds. The minimum absolute atomic E-state index is 0.254. The van der Waals surface area contributed by atoms with Gasteiger partial charge in [-0.15, -0.1) is 0 Å². The molecule has 2 aromatic carbocycles. The number of hydrogen-bond donors (Lipinski definition) is 3. The van der Waals surface area contributed by atoms with E-state index in [0.717, 1.165) is 5.56 Å². The highest BCUT2D eigenvalue weighted by Gasteiger charge is 2.07. The lowest BCUT2D eigenvalue weighted by molar-refractivity contribution is 0.0706. The lowest BCUT2D eigenvalue weighted by Gasteiger charge is -2.07. The zero-order chi connectivity index (χ0) is 15.2. The molecule has 0 aromatic heterocycles. The van der Waals surface area contributed by atoms with E-state index < -0.39 is 12.0 Å². The van der Waals surface area contributed by atoms with Crippen LogP contribution in [-0.2, 0) is 0 Å². The molecular formula is C15H14N2O4. The van der Waals surface area contributed by atoms with Gasteiger partial charge < -0.3 is 4.74 Å². The maximum absolute atomic E-state index is 11.7. The highest BCUT2D eigenvalue weighted by molar-refractivity contribution is 5.93. The molecule has 0 atom stereocenters. The van der Waals surface area contributed by atoms with Crippen molar-refractivity contribution in [1.82, 2.24) is 5.48 Å². The van der Waals surface area contributed by atoms with E-state index in [-0.39, 0.29) is 11.3 Å². The van der Waals surface area contributed by atoms with Gasteiger partial charge in [-0.25, -0.2) is 10.3 Å². The van der Waals surface area contributed by atoms with Gasteiger partial charge in [0.15, 0.2) is 0 Å². The summed E-state index contributed by atoms with van der Waals surface area (Å²) >= 11 is 0. The van der Waals surface area contributed by atoms with E-state index in [1.165, 1.54) is 29.7 Å². The van der Waals surface area contributed by atoms with Crippen molar-refractivity contribution in [1.29, 1.82) is 0 Å². The average Bonchev–Trinajstić information content (AvgIpc) is 2.47. The number of carbonyl (C=O) groups excluding carboxylic acids is 2. The number of nitrogens with one attached hydrogen (secondary N) is 2. The molecule has 0 aliphatic heterocycles. The van der Waals surface area contributed by atoms with Crippen LogP contribution in [0.2, 0.25) is 0 Å². The Balaban J connectivity index is 1.98. The molecule has 3 N–H and O–H groups in total. The van der Waals surface area contributed by atoms with E-state index in [2.05, 4.69) is 5.32 Å². The molecule has 108 valence electrons. The van der Waals surface area contributed by atoms with Crippen molar-refractivity contribution in [2.24, 2.45) is 0 Å². The fraction of sp³-hybridized carbons (Fsp3) is 0.0667. The maximum atomic E-state index is 11.7. The Morgan fingerprint density at radius 1 is 1.10 bits per heavy atom. The molecule has 0 spiro atoms. The molecule has 0 bridgehead atoms. The molecular weight excluding hydrogens is 272 g/mol. The highest BCUT2D eigenvalue weighted by atomic mass is 16.6. The molecule has 0 aliphatic carbocycles. The van der Waals surface area contributed by atoms with Gasteiger partial charge in [-0.05, 0) is 48.9 Å². The topological polar surface area (TPSA) is 87.7 Å². The number of ether oxygens (including phenoxy) is 1. The van der Waals surface area contributed by atoms with E-state index in [1.54, 1.807) is 6.07 Å². The summed E-state index contributed by atoms with van der Waals surface area (Å²) in [4.78, 5) is 22.9. The monoisotopic (exact) mass is 286 g/mol. The van der Waals surface area contributed by atoms with Gasteiger partial charge >= 0.3 is 6.09 Å². The van der Waals surface area contributed by atoms with Crippen LogP contribution >= 0.6 is 0 Å². The summed E-state index contributed by atoms with van der Waals surface area (Å²) in [7, 11) is 0. The van der Waals surface area contributed by atoms with Crippen molar-refractivity contribution in [2.75, 3.05) is 5.32 Å². The van der Waals surface area contributed by atoms with E-state index in [1.807, 2.05) is 25.1 Å². The number of hydroxylamine groups is 1. The lowest BCUT2D eigenvalue weighted by atomic mass is 10.2. The molecule has 0 aliphatic rings. The second-order valence-electron chi connectivity index (χ2n) is 4.35. The van der Waals surface area contributed by atoms with Crippen molar-refractivity contribution in [2.45, 2.75) is 6.92 Å². The van der Waals surface area contributed by atoms with Crippen molar-refractivity contribution in [3.63, 3.8) is 0 Å². The largest absolute Gasteiger partial charge is 0.417 e. The quantitative estimate of drug-likeness (QED) is 0.598. The fourth-order valence-electron chi connectivity index (χ4n) is 1.71. The van der Waals surface area contributed by atoms with Crippen molar-refractivity contribution < 1.29 is 19.5 Å². The van der Waals surface area contributed by atoms with Crippen LogP contribution in [0.15, 0.2) is 48.5 Å². The average molecular weight is 286 g/mol. The van der Waals surface area contributed by atoms with Crippen LogP contribution in [0.25, 0.3) is 0 Å². The Morgan fingerprint density at radius 2 is 1.81 bits per heavy atom. The zero-order valence-electron chi connectivity index (χ0n) is 11.3. The molecule has 21 heavy (non-hydrogen) atoms. The smallest absolute Gasteiger partial charge is 0.410 e. The summed E-state index contributed by atoms with van der Waals surface area (Å²) in [5.41, 5.74) is 3.43. The van der Waals surface area contributed by atoms with Gasteiger partial charge in [0.05, 0.1) is 0 Å². The first kappa shape index (κ1) is 14.5. The highest BCUT2D eigenvalue weighted by Crippen LogP contribution is 2.14. The molecule has 2 rings (SSSR count). The third-order valence-corrected chi connectivity index (χ3v) is 2.69. The van der Waals surface area contributed by atoms with Gasteiger partial charge in [-0.3, -0.25) is 15.3 Å². The van der Waals surface area contributed by atoms with Crippen molar-refractivity contribution in [3.05, 3.63) is 59.7 Å². The standard InChI is InChI=1S/C15H14N2O4/c1-10-3-2-4-12(9-10)16-15(19)21-13-7-5-11(6-8-13)14(18)17-20/h2-9,20H,1H3,(H,16,19)(H,17,18). The molecule has 6 nitrogen and oxygen atoms in total. The molecule has 0 fully saturated rings. The Hall–Kier alpha value is -2.86. The third kappa shape index (κ3) is 4.05. The first-order valence-electron chi connectivity index (χ1n) is 6.18. The molecule has 0 saturated carbocycles. The second-order valence-corrected chi connectivity index (χ2v) is 4.35. The van der Waals surface area contributed by atoms with E-state index >= 15 is 0 Å². The van der Waals surface area contributed by atoms with Crippen LogP contribution in [0.1, 0.15) is 15.9 Å². The van der Waals surface area contributed by atoms with Gasteiger partial charge in [0, 0.05) is 11.3 Å². The first-order valence-corrected chi connectivity index (χ1v) is 6.18. The van der Waals surface area contributed by atoms with Gasteiger partial charge in [-0.1, -0.05) is 12.1 Å². The van der Waals surface area contributed by atoms with Gasteiger partial charge in [0.2, 0.25) is 0 Å². The first-order chi connectivity index (χ1) is 10.1. The number of hydrogen-bond acceptors (Lipinski definition) is 4. The summed E-state index contributed by atoms with van der Waals surface area (Å²) in [6.45, 7) is 1.92. The Morgan fingerprint density at radius 3 is 2.43 bits per heavy atom. The van der Waals surface area contributed by atoms with Crippen LogP contribution in [0, 0.1) is 6.92 Å². The second kappa shape index (κ2) is 6.53. The number of rotatable bonds is 3.